The summed E-state index contributed by atoms with van der Waals surface area (Å²) in [6.45, 7) is 0. The van der Waals surface area contributed by atoms with Crippen molar-refractivity contribution in [2.75, 3.05) is 5.32 Å². The largest absolute Gasteiger partial charge is 0.478 e. The lowest BCUT2D eigenvalue weighted by Crippen LogP contribution is -2.21. The highest BCUT2D eigenvalue weighted by atomic mass is 32.1. The molecule has 1 amide bonds. The maximum atomic E-state index is 12.2. The van der Waals surface area contributed by atoms with Crippen molar-refractivity contribution in [3.63, 3.8) is 0 Å². The second-order valence-electron chi connectivity index (χ2n) is 5.69. The predicted octanol–water partition coefficient (Wildman–Crippen LogP) is 3.45. The van der Waals surface area contributed by atoms with E-state index in [0.29, 0.717) is 10.6 Å². The van der Waals surface area contributed by atoms with Gasteiger partial charge in [-0.25, -0.2) is 4.79 Å². The number of amides is 1. The number of carbonyl (C=O) groups is 2. The van der Waals surface area contributed by atoms with Crippen molar-refractivity contribution < 1.29 is 14.7 Å². The molecule has 1 aromatic heterocycles. The van der Waals surface area contributed by atoms with Crippen molar-refractivity contribution in [3.05, 3.63) is 16.0 Å². The molecule has 5 heteroatoms. The molecule has 1 fully saturated rings. The number of carbonyl (C=O) groups excluding carboxylic acids is 1. The number of rotatable bonds is 3. The van der Waals surface area contributed by atoms with E-state index in [1.165, 1.54) is 11.3 Å². The van der Waals surface area contributed by atoms with Crippen molar-refractivity contribution in [2.45, 2.75) is 51.4 Å². The van der Waals surface area contributed by atoms with E-state index in [1.54, 1.807) is 0 Å². The number of anilines is 1. The third-order valence-corrected chi connectivity index (χ3v) is 5.56. The number of aromatic carboxylic acids is 1. The summed E-state index contributed by atoms with van der Waals surface area (Å²) in [4.78, 5) is 24.9. The molecule has 0 aliphatic heterocycles. The number of aryl methyl sites for hydroxylation is 1. The molecule has 0 spiro atoms. The highest BCUT2D eigenvalue weighted by Crippen LogP contribution is 2.38. The average molecular weight is 293 g/mol. The minimum Gasteiger partial charge on any atom is -0.478 e. The first kappa shape index (κ1) is 13.6. The first-order chi connectivity index (χ1) is 9.66. The number of nitrogens with one attached hydrogen (secondary N) is 1. The second-order valence-corrected chi connectivity index (χ2v) is 6.80. The lowest BCUT2D eigenvalue weighted by atomic mass is 9.95. The Labute approximate surface area is 122 Å². The van der Waals surface area contributed by atoms with Gasteiger partial charge in [0.25, 0.3) is 0 Å². The van der Waals surface area contributed by atoms with E-state index in [-0.39, 0.29) is 11.8 Å². The summed E-state index contributed by atoms with van der Waals surface area (Å²) in [5.74, 6) is -0.842. The fourth-order valence-electron chi connectivity index (χ4n) is 3.28. The van der Waals surface area contributed by atoms with Crippen molar-refractivity contribution in [1.29, 1.82) is 0 Å². The van der Waals surface area contributed by atoms with Crippen molar-refractivity contribution in [1.82, 2.24) is 0 Å². The van der Waals surface area contributed by atoms with Gasteiger partial charge in [-0.3, -0.25) is 4.79 Å². The van der Waals surface area contributed by atoms with Crippen LogP contribution in [0.4, 0.5) is 5.00 Å². The molecule has 2 N–H and O–H groups in total. The van der Waals surface area contributed by atoms with Crippen molar-refractivity contribution in [2.24, 2.45) is 5.92 Å². The van der Waals surface area contributed by atoms with Gasteiger partial charge in [0.2, 0.25) is 5.91 Å². The van der Waals surface area contributed by atoms with E-state index in [1.807, 2.05) is 0 Å². The highest BCUT2D eigenvalue weighted by molar-refractivity contribution is 7.17. The van der Waals surface area contributed by atoms with Crippen LogP contribution >= 0.6 is 11.3 Å². The first-order valence-electron chi connectivity index (χ1n) is 7.35. The molecule has 0 saturated heterocycles. The fraction of sp³-hybridized carbons (Fsp3) is 0.600. The van der Waals surface area contributed by atoms with Crippen LogP contribution in [0.2, 0.25) is 0 Å². The van der Waals surface area contributed by atoms with Crippen LogP contribution in [0.1, 0.15) is 59.3 Å². The molecule has 0 atom stereocenters. The molecule has 1 saturated carbocycles. The number of carboxylic acid groups (broad SMARTS) is 1. The molecule has 1 aromatic rings. The average Bonchev–Trinajstić information content (AvgIpc) is 3.05. The molecule has 2 aliphatic rings. The SMILES string of the molecule is O=C(O)c1c(NC(=O)C2CCCC2)sc2c1CCCC2. The zero-order valence-corrected chi connectivity index (χ0v) is 12.2. The number of hydrogen-bond acceptors (Lipinski definition) is 3. The summed E-state index contributed by atoms with van der Waals surface area (Å²) < 4.78 is 0. The number of fused-ring (bicyclic) bond motifs is 1. The monoisotopic (exact) mass is 293 g/mol. The van der Waals surface area contributed by atoms with Gasteiger partial charge in [0.15, 0.2) is 0 Å². The maximum Gasteiger partial charge on any atom is 0.339 e. The topological polar surface area (TPSA) is 66.4 Å². The van der Waals surface area contributed by atoms with Gasteiger partial charge in [-0.2, -0.15) is 0 Å². The molecule has 0 unspecified atom stereocenters. The molecule has 108 valence electrons. The maximum absolute atomic E-state index is 12.2. The summed E-state index contributed by atoms with van der Waals surface area (Å²) in [5, 5.41) is 12.9. The Morgan fingerprint density at radius 1 is 1.10 bits per heavy atom. The molecule has 3 rings (SSSR count). The minimum absolute atomic E-state index is 0.00333. The Balaban J connectivity index is 1.86. The van der Waals surface area contributed by atoms with Crippen LogP contribution in [0.3, 0.4) is 0 Å². The third kappa shape index (κ3) is 2.46. The van der Waals surface area contributed by atoms with E-state index in [0.717, 1.165) is 61.8 Å². The Kier molecular flexibility index (Phi) is 3.78. The minimum atomic E-state index is -0.911. The van der Waals surface area contributed by atoms with E-state index in [9.17, 15) is 14.7 Å². The van der Waals surface area contributed by atoms with Crippen LogP contribution in [-0.4, -0.2) is 17.0 Å². The summed E-state index contributed by atoms with van der Waals surface area (Å²) >= 11 is 1.46. The van der Waals surface area contributed by atoms with E-state index >= 15 is 0 Å². The zero-order chi connectivity index (χ0) is 14.1. The molecule has 0 aromatic carbocycles. The zero-order valence-electron chi connectivity index (χ0n) is 11.4. The molecule has 1 heterocycles. The predicted molar refractivity (Wildman–Crippen MR) is 78.5 cm³/mol. The smallest absolute Gasteiger partial charge is 0.339 e. The number of carboxylic acids is 1. The van der Waals surface area contributed by atoms with Crippen molar-refractivity contribution in [3.8, 4) is 0 Å². The molecule has 0 radical (unpaired) electrons. The van der Waals surface area contributed by atoms with Gasteiger partial charge in [0.05, 0.1) is 5.56 Å². The lowest BCUT2D eigenvalue weighted by Gasteiger charge is -2.11. The summed E-state index contributed by atoms with van der Waals surface area (Å²) in [5.41, 5.74) is 1.30. The summed E-state index contributed by atoms with van der Waals surface area (Å²) in [6, 6.07) is 0. The van der Waals surface area contributed by atoms with Gasteiger partial charge in [-0.05, 0) is 44.1 Å². The Hall–Kier alpha value is -1.36. The first-order valence-corrected chi connectivity index (χ1v) is 8.17. The molecular formula is C15H19NO3S. The van der Waals surface area contributed by atoms with Gasteiger partial charge in [0, 0.05) is 10.8 Å². The van der Waals surface area contributed by atoms with E-state index in [4.69, 9.17) is 0 Å². The molecule has 4 nitrogen and oxygen atoms in total. The second kappa shape index (κ2) is 5.56. The van der Waals surface area contributed by atoms with Gasteiger partial charge in [-0.15, -0.1) is 11.3 Å². The van der Waals surface area contributed by atoms with Crippen molar-refractivity contribution >= 4 is 28.2 Å². The standard InChI is InChI=1S/C15H19NO3S/c17-13(9-5-1-2-6-9)16-14-12(15(18)19)10-7-3-4-8-11(10)20-14/h9H,1-8H2,(H,16,17)(H,18,19). The van der Waals surface area contributed by atoms with Gasteiger partial charge < -0.3 is 10.4 Å². The fourth-order valence-corrected chi connectivity index (χ4v) is 4.57. The van der Waals surface area contributed by atoms with Gasteiger partial charge >= 0.3 is 5.97 Å². The number of thiophene rings is 1. The van der Waals surface area contributed by atoms with Crippen LogP contribution in [-0.2, 0) is 17.6 Å². The quantitative estimate of drug-likeness (QED) is 0.897. The van der Waals surface area contributed by atoms with Crippen LogP contribution in [0.15, 0.2) is 0 Å². The molecule has 2 aliphatic carbocycles. The molecule has 20 heavy (non-hydrogen) atoms. The lowest BCUT2D eigenvalue weighted by molar-refractivity contribution is -0.119. The summed E-state index contributed by atoms with van der Waals surface area (Å²) in [7, 11) is 0. The van der Waals surface area contributed by atoms with Crippen LogP contribution < -0.4 is 5.32 Å². The molecular weight excluding hydrogens is 274 g/mol. The van der Waals surface area contributed by atoms with E-state index in [2.05, 4.69) is 5.32 Å². The number of hydrogen-bond donors (Lipinski definition) is 2. The van der Waals surface area contributed by atoms with Crippen LogP contribution in [0.25, 0.3) is 0 Å². The highest BCUT2D eigenvalue weighted by Gasteiger charge is 2.28. The Morgan fingerprint density at radius 2 is 1.80 bits per heavy atom. The molecule has 0 bridgehead atoms. The van der Waals surface area contributed by atoms with E-state index < -0.39 is 5.97 Å². The normalized spacial score (nSPS) is 18.8. The van der Waals surface area contributed by atoms with Gasteiger partial charge in [-0.1, -0.05) is 12.8 Å². The Bertz CT molecular complexity index is 544. The van der Waals surface area contributed by atoms with Gasteiger partial charge in [0.1, 0.15) is 5.00 Å². The summed E-state index contributed by atoms with van der Waals surface area (Å²) in [6.07, 6.45) is 7.99. The third-order valence-electron chi connectivity index (χ3n) is 4.35. The Morgan fingerprint density at radius 3 is 2.50 bits per heavy atom. The van der Waals surface area contributed by atoms with Crippen LogP contribution in [0.5, 0.6) is 0 Å². The van der Waals surface area contributed by atoms with Crippen LogP contribution in [0, 0.1) is 5.92 Å².